The van der Waals surface area contributed by atoms with E-state index in [4.69, 9.17) is 0 Å². The highest BCUT2D eigenvalue weighted by molar-refractivity contribution is 4.79. The molecule has 0 N–H and O–H groups in total. The predicted molar refractivity (Wildman–Crippen MR) is 54.3 cm³/mol. The van der Waals surface area contributed by atoms with Crippen molar-refractivity contribution in [1.29, 1.82) is 0 Å². The Balaban J connectivity index is 2.24. The molecule has 1 fully saturated rings. The molecule has 0 aromatic carbocycles. The summed E-state index contributed by atoms with van der Waals surface area (Å²) in [7, 11) is 0. The van der Waals surface area contributed by atoms with Crippen LogP contribution in [0.2, 0.25) is 0 Å². The molecule has 0 aromatic heterocycles. The molecule has 1 unspecified atom stereocenters. The molecular formula is C11H23N. The van der Waals surface area contributed by atoms with E-state index in [2.05, 4.69) is 25.7 Å². The first kappa shape index (κ1) is 10.0. The second kappa shape index (κ2) is 4.86. The van der Waals surface area contributed by atoms with Gasteiger partial charge >= 0.3 is 0 Å². The summed E-state index contributed by atoms with van der Waals surface area (Å²) in [6, 6.07) is 0.797. The molecule has 1 aliphatic rings. The lowest BCUT2D eigenvalue weighted by molar-refractivity contribution is 0.196. The summed E-state index contributed by atoms with van der Waals surface area (Å²) < 4.78 is 0. The van der Waals surface area contributed by atoms with Gasteiger partial charge in [0.25, 0.3) is 0 Å². The summed E-state index contributed by atoms with van der Waals surface area (Å²) >= 11 is 0. The summed E-state index contributed by atoms with van der Waals surface area (Å²) in [4.78, 5) is 2.66. The molecule has 12 heavy (non-hydrogen) atoms. The van der Waals surface area contributed by atoms with Crippen LogP contribution in [0.15, 0.2) is 0 Å². The van der Waals surface area contributed by atoms with E-state index in [0.29, 0.717) is 0 Å². The SMILES string of the molecule is CCCN(CC1CC1)C(C)CC. The zero-order valence-corrected chi connectivity index (χ0v) is 8.84. The lowest BCUT2D eigenvalue weighted by Crippen LogP contribution is -2.35. The van der Waals surface area contributed by atoms with Crippen LogP contribution in [0.25, 0.3) is 0 Å². The smallest absolute Gasteiger partial charge is 0.00644 e. The van der Waals surface area contributed by atoms with E-state index < -0.39 is 0 Å². The van der Waals surface area contributed by atoms with E-state index in [9.17, 15) is 0 Å². The van der Waals surface area contributed by atoms with Crippen molar-refractivity contribution >= 4 is 0 Å². The monoisotopic (exact) mass is 169 g/mol. The maximum Gasteiger partial charge on any atom is 0.00644 e. The quantitative estimate of drug-likeness (QED) is 0.591. The molecule has 1 heteroatoms. The van der Waals surface area contributed by atoms with Crippen LogP contribution in [-0.2, 0) is 0 Å². The Bertz CT molecular complexity index is 118. The van der Waals surface area contributed by atoms with Crippen LogP contribution in [0.3, 0.4) is 0 Å². The molecule has 0 spiro atoms. The van der Waals surface area contributed by atoms with Gasteiger partial charge in [0.05, 0.1) is 0 Å². The highest BCUT2D eigenvalue weighted by atomic mass is 15.1. The lowest BCUT2D eigenvalue weighted by Gasteiger charge is -2.27. The van der Waals surface area contributed by atoms with Crippen molar-refractivity contribution in [3.63, 3.8) is 0 Å². The van der Waals surface area contributed by atoms with E-state index in [1.165, 1.54) is 38.8 Å². The van der Waals surface area contributed by atoms with Gasteiger partial charge in [-0.1, -0.05) is 13.8 Å². The third kappa shape index (κ3) is 3.14. The van der Waals surface area contributed by atoms with Crippen LogP contribution in [0.5, 0.6) is 0 Å². The molecule has 1 nitrogen and oxygen atoms in total. The zero-order valence-electron chi connectivity index (χ0n) is 8.84. The number of hydrogen-bond acceptors (Lipinski definition) is 1. The predicted octanol–water partition coefficient (Wildman–Crippen LogP) is 2.91. The molecule has 1 aliphatic carbocycles. The van der Waals surface area contributed by atoms with Gasteiger partial charge < -0.3 is 4.90 Å². The summed E-state index contributed by atoms with van der Waals surface area (Å²) in [5.74, 6) is 1.05. The van der Waals surface area contributed by atoms with Gasteiger partial charge in [0.1, 0.15) is 0 Å². The first-order chi connectivity index (χ1) is 5.77. The van der Waals surface area contributed by atoms with Gasteiger partial charge in [-0.3, -0.25) is 0 Å². The van der Waals surface area contributed by atoms with Gasteiger partial charge in [-0.15, -0.1) is 0 Å². The molecule has 0 aromatic rings. The van der Waals surface area contributed by atoms with Crippen LogP contribution >= 0.6 is 0 Å². The topological polar surface area (TPSA) is 3.24 Å². The molecule has 0 aliphatic heterocycles. The molecule has 1 saturated carbocycles. The Morgan fingerprint density at radius 2 is 2.00 bits per heavy atom. The fourth-order valence-electron chi connectivity index (χ4n) is 1.67. The molecular weight excluding hydrogens is 146 g/mol. The fraction of sp³-hybridized carbons (Fsp3) is 1.00. The van der Waals surface area contributed by atoms with Gasteiger partial charge in [-0.25, -0.2) is 0 Å². The summed E-state index contributed by atoms with van der Waals surface area (Å²) in [5, 5.41) is 0. The first-order valence-electron chi connectivity index (χ1n) is 5.52. The minimum absolute atomic E-state index is 0.797. The van der Waals surface area contributed by atoms with Crippen LogP contribution in [0, 0.1) is 5.92 Å². The molecule has 1 rings (SSSR count). The summed E-state index contributed by atoms with van der Waals surface area (Å²) in [6.45, 7) is 9.59. The summed E-state index contributed by atoms with van der Waals surface area (Å²) in [5.41, 5.74) is 0. The van der Waals surface area contributed by atoms with Crippen molar-refractivity contribution in [1.82, 2.24) is 4.90 Å². The van der Waals surface area contributed by atoms with Crippen molar-refractivity contribution in [2.45, 2.75) is 52.5 Å². The lowest BCUT2D eigenvalue weighted by atomic mass is 10.2. The third-order valence-corrected chi connectivity index (χ3v) is 2.91. The highest BCUT2D eigenvalue weighted by Crippen LogP contribution is 2.30. The van der Waals surface area contributed by atoms with Crippen LogP contribution in [-0.4, -0.2) is 24.0 Å². The molecule has 0 heterocycles. The van der Waals surface area contributed by atoms with Crippen molar-refractivity contribution < 1.29 is 0 Å². The van der Waals surface area contributed by atoms with Gasteiger partial charge in [0, 0.05) is 12.6 Å². The average molecular weight is 169 g/mol. The number of hydrogen-bond donors (Lipinski definition) is 0. The van der Waals surface area contributed by atoms with Crippen molar-refractivity contribution in [2.24, 2.45) is 5.92 Å². The molecule has 0 amide bonds. The Morgan fingerprint density at radius 1 is 1.33 bits per heavy atom. The van der Waals surface area contributed by atoms with E-state index >= 15 is 0 Å². The summed E-state index contributed by atoms with van der Waals surface area (Å²) in [6.07, 6.45) is 5.57. The van der Waals surface area contributed by atoms with Crippen LogP contribution in [0.1, 0.15) is 46.5 Å². The van der Waals surface area contributed by atoms with Gasteiger partial charge in [0.2, 0.25) is 0 Å². The largest absolute Gasteiger partial charge is 0.300 e. The van der Waals surface area contributed by atoms with Gasteiger partial charge in [-0.2, -0.15) is 0 Å². The highest BCUT2D eigenvalue weighted by Gasteiger charge is 2.25. The van der Waals surface area contributed by atoms with E-state index in [1.54, 1.807) is 0 Å². The van der Waals surface area contributed by atoms with E-state index in [-0.39, 0.29) is 0 Å². The zero-order chi connectivity index (χ0) is 8.97. The Morgan fingerprint density at radius 3 is 2.42 bits per heavy atom. The minimum atomic E-state index is 0.797. The van der Waals surface area contributed by atoms with Gasteiger partial charge in [0.15, 0.2) is 0 Å². The number of nitrogens with zero attached hydrogens (tertiary/aromatic N) is 1. The van der Waals surface area contributed by atoms with Crippen LogP contribution in [0.4, 0.5) is 0 Å². The maximum absolute atomic E-state index is 2.66. The fourth-order valence-corrected chi connectivity index (χ4v) is 1.67. The normalized spacial score (nSPS) is 20.0. The molecule has 0 radical (unpaired) electrons. The van der Waals surface area contributed by atoms with Gasteiger partial charge in [-0.05, 0) is 45.1 Å². The van der Waals surface area contributed by atoms with Crippen molar-refractivity contribution in [3.05, 3.63) is 0 Å². The van der Waals surface area contributed by atoms with E-state index in [1.807, 2.05) is 0 Å². The third-order valence-electron chi connectivity index (χ3n) is 2.91. The van der Waals surface area contributed by atoms with E-state index in [0.717, 1.165) is 12.0 Å². The first-order valence-corrected chi connectivity index (χ1v) is 5.52. The molecule has 0 saturated heterocycles. The Labute approximate surface area is 77.1 Å². The second-order valence-corrected chi connectivity index (χ2v) is 4.20. The molecule has 1 atom stereocenters. The molecule has 72 valence electrons. The van der Waals surface area contributed by atoms with Crippen molar-refractivity contribution in [3.8, 4) is 0 Å². The standard InChI is InChI=1S/C11H23N/c1-4-8-12(10(3)5-2)9-11-6-7-11/h10-11H,4-9H2,1-3H3. The average Bonchev–Trinajstić information content (AvgIpc) is 2.86. The van der Waals surface area contributed by atoms with Crippen LogP contribution < -0.4 is 0 Å². The molecule has 0 bridgehead atoms. The minimum Gasteiger partial charge on any atom is -0.300 e. The maximum atomic E-state index is 2.66. The Hall–Kier alpha value is -0.0400. The Kier molecular flexibility index (Phi) is 4.07. The second-order valence-electron chi connectivity index (χ2n) is 4.20. The number of rotatable bonds is 6. The van der Waals surface area contributed by atoms with Crippen molar-refractivity contribution in [2.75, 3.05) is 13.1 Å².